The molecule has 0 unspecified atom stereocenters. The average molecular weight is 324 g/mol. The van der Waals surface area contributed by atoms with Crippen molar-refractivity contribution in [2.45, 2.75) is 12.8 Å². The van der Waals surface area contributed by atoms with Crippen LogP contribution in [0.25, 0.3) is 6.08 Å². The first kappa shape index (κ1) is 15.9. The topological polar surface area (TPSA) is 50.7 Å². The van der Waals surface area contributed by atoms with E-state index < -0.39 is 0 Å². The third-order valence-electron chi connectivity index (χ3n) is 3.73. The fraction of sp³-hybridized carbons (Fsp3) is 0.158. The molecular weight excluding hydrogens is 307 g/mol. The lowest BCUT2D eigenvalue weighted by atomic mass is 10.1. The highest BCUT2D eigenvalue weighted by Crippen LogP contribution is 2.17. The molecule has 0 spiro atoms. The zero-order chi connectivity index (χ0) is 16.9. The number of amides is 1. The van der Waals surface area contributed by atoms with Crippen LogP contribution < -0.4 is 10.1 Å². The molecule has 0 radical (unpaired) electrons. The van der Waals surface area contributed by atoms with Crippen molar-refractivity contribution in [2.24, 2.45) is 4.99 Å². The second-order valence-corrected chi connectivity index (χ2v) is 5.42. The molecule has 3 rings (SSSR count). The van der Waals surface area contributed by atoms with Crippen molar-refractivity contribution in [3.05, 3.63) is 71.2 Å². The number of hydrogen-bond donors (Lipinski definition) is 1. The van der Waals surface area contributed by atoms with Crippen molar-refractivity contribution in [3.63, 3.8) is 0 Å². The molecule has 1 heterocycles. The summed E-state index contributed by atoms with van der Waals surface area (Å²) in [7, 11) is 1.63. The van der Waals surface area contributed by atoms with Gasteiger partial charge in [0, 0.05) is 12.0 Å². The molecule has 0 bridgehead atoms. The maximum absolute atomic E-state index is 13.7. The van der Waals surface area contributed by atoms with E-state index in [-0.39, 0.29) is 17.4 Å². The van der Waals surface area contributed by atoms with Gasteiger partial charge in [-0.2, -0.15) is 0 Å². The Morgan fingerprint density at radius 3 is 2.79 bits per heavy atom. The van der Waals surface area contributed by atoms with E-state index in [2.05, 4.69) is 10.3 Å². The van der Waals surface area contributed by atoms with Crippen LogP contribution in [-0.4, -0.2) is 18.9 Å². The molecule has 0 fully saturated rings. The van der Waals surface area contributed by atoms with Gasteiger partial charge in [-0.05, 0) is 36.3 Å². The molecule has 5 heteroatoms. The lowest BCUT2D eigenvalue weighted by molar-refractivity contribution is -0.115. The Kier molecular flexibility index (Phi) is 4.70. The minimum Gasteiger partial charge on any atom is -0.497 e. The Bertz CT molecular complexity index is 828. The van der Waals surface area contributed by atoms with Gasteiger partial charge in [-0.1, -0.05) is 30.3 Å². The Hall–Kier alpha value is -2.95. The third-order valence-corrected chi connectivity index (χ3v) is 3.73. The minimum atomic E-state index is -0.377. The highest BCUT2D eigenvalue weighted by molar-refractivity contribution is 6.14. The highest BCUT2D eigenvalue weighted by Gasteiger charge is 2.20. The number of ether oxygens (including phenoxy) is 1. The normalized spacial score (nSPS) is 15.3. The summed E-state index contributed by atoms with van der Waals surface area (Å²) in [6, 6.07) is 14.0. The molecule has 1 N–H and O–H groups in total. The van der Waals surface area contributed by atoms with Crippen molar-refractivity contribution < 1.29 is 13.9 Å². The summed E-state index contributed by atoms with van der Waals surface area (Å²) in [4.78, 5) is 16.3. The molecule has 1 aliphatic heterocycles. The monoisotopic (exact) mass is 324 g/mol. The van der Waals surface area contributed by atoms with Crippen LogP contribution in [0.2, 0.25) is 0 Å². The number of aliphatic imine (C=N–C) groups is 1. The Morgan fingerprint density at radius 1 is 1.17 bits per heavy atom. The van der Waals surface area contributed by atoms with E-state index in [0.717, 1.165) is 17.7 Å². The van der Waals surface area contributed by atoms with Crippen LogP contribution in [0.4, 0.5) is 4.39 Å². The van der Waals surface area contributed by atoms with E-state index in [4.69, 9.17) is 4.74 Å². The quantitative estimate of drug-likeness (QED) is 0.858. The van der Waals surface area contributed by atoms with Gasteiger partial charge in [0.15, 0.2) is 0 Å². The fourth-order valence-corrected chi connectivity index (χ4v) is 2.47. The summed E-state index contributed by atoms with van der Waals surface area (Å²) < 4.78 is 18.9. The van der Waals surface area contributed by atoms with Crippen LogP contribution >= 0.6 is 0 Å². The molecule has 1 aliphatic rings. The van der Waals surface area contributed by atoms with Gasteiger partial charge in [-0.15, -0.1) is 0 Å². The molecule has 2 aromatic carbocycles. The Labute approximate surface area is 139 Å². The van der Waals surface area contributed by atoms with Crippen LogP contribution in [0.3, 0.4) is 0 Å². The fourth-order valence-electron chi connectivity index (χ4n) is 2.47. The van der Waals surface area contributed by atoms with Gasteiger partial charge < -0.3 is 10.1 Å². The molecular formula is C19H17FN2O2. The first-order chi connectivity index (χ1) is 11.7. The Balaban J connectivity index is 1.71. The predicted octanol–water partition coefficient (Wildman–Crippen LogP) is 3.34. The third kappa shape index (κ3) is 3.68. The zero-order valence-corrected chi connectivity index (χ0v) is 13.3. The summed E-state index contributed by atoms with van der Waals surface area (Å²) in [5, 5.41) is 2.73. The standard InChI is InChI=1S/C19H17FN2O2/c1-24-15-7-4-5-13(11-15)9-10-18-21-17(19(23)22-18)12-14-6-2-3-8-16(14)20/h2-8,11-12H,9-10H2,1H3,(H,21,22,23)/b17-12-. The molecule has 0 atom stereocenters. The number of methoxy groups -OCH3 is 1. The van der Waals surface area contributed by atoms with E-state index >= 15 is 0 Å². The van der Waals surface area contributed by atoms with Crippen molar-refractivity contribution >= 4 is 17.8 Å². The van der Waals surface area contributed by atoms with E-state index in [0.29, 0.717) is 17.8 Å². The number of nitrogens with zero attached hydrogens (tertiary/aromatic N) is 1. The number of benzene rings is 2. The first-order valence-electron chi connectivity index (χ1n) is 7.64. The molecule has 24 heavy (non-hydrogen) atoms. The lowest BCUT2D eigenvalue weighted by Gasteiger charge is -2.04. The smallest absolute Gasteiger partial charge is 0.275 e. The van der Waals surface area contributed by atoms with Crippen LogP contribution in [0.15, 0.2) is 59.2 Å². The van der Waals surface area contributed by atoms with Gasteiger partial charge >= 0.3 is 0 Å². The summed E-state index contributed by atoms with van der Waals surface area (Å²) >= 11 is 0. The maximum atomic E-state index is 13.7. The zero-order valence-electron chi connectivity index (χ0n) is 13.3. The number of carbonyl (C=O) groups is 1. The molecule has 0 aliphatic carbocycles. The SMILES string of the molecule is COc1cccc(CCC2=N/C(=C\c3ccccc3F)C(=O)N2)c1. The molecule has 122 valence electrons. The largest absolute Gasteiger partial charge is 0.497 e. The van der Waals surface area contributed by atoms with E-state index in [9.17, 15) is 9.18 Å². The molecule has 0 saturated heterocycles. The number of hydrogen-bond acceptors (Lipinski definition) is 3. The second-order valence-electron chi connectivity index (χ2n) is 5.42. The summed E-state index contributed by atoms with van der Waals surface area (Å²) in [6.07, 6.45) is 2.78. The van der Waals surface area contributed by atoms with Gasteiger partial charge in [0.2, 0.25) is 0 Å². The number of halogens is 1. The summed E-state index contributed by atoms with van der Waals surface area (Å²) in [5.41, 5.74) is 1.67. The number of amidine groups is 1. The number of aryl methyl sites for hydroxylation is 1. The van der Waals surface area contributed by atoms with Crippen molar-refractivity contribution in [3.8, 4) is 5.75 Å². The van der Waals surface area contributed by atoms with Crippen LogP contribution in [0.5, 0.6) is 5.75 Å². The molecule has 0 aromatic heterocycles. The highest BCUT2D eigenvalue weighted by atomic mass is 19.1. The van der Waals surface area contributed by atoms with Gasteiger partial charge in [-0.25, -0.2) is 9.38 Å². The van der Waals surface area contributed by atoms with E-state index in [1.807, 2.05) is 24.3 Å². The van der Waals surface area contributed by atoms with Crippen LogP contribution in [-0.2, 0) is 11.2 Å². The van der Waals surface area contributed by atoms with Crippen molar-refractivity contribution in [2.75, 3.05) is 7.11 Å². The number of carbonyl (C=O) groups excluding carboxylic acids is 1. The minimum absolute atomic E-state index is 0.223. The molecule has 0 saturated carbocycles. The second kappa shape index (κ2) is 7.08. The van der Waals surface area contributed by atoms with Crippen molar-refractivity contribution in [1.82, 2.24) is 5.32 Å². The van der Waals surface area contributed by atoms with Crippen molar-refractivity contribution in [1.29, 1.82) is 0 Å². The van der Waals surface area contributed by atoms with Crippen LogP contribution in [0.1, 0.15) is 17.5 Å². The van der Waals surface area contributed by atoms with E-state index in [1.165, 1.54) is 12.1 Å². The Morgan fingerprint density at radius 2 is 2.00 bits per heavy atom. The first-order valence-corrected chi connectivity index (χ1v) is 7.64. The van der Waals surface area contributed by atoms with Crippen LogP contribution in [0, 0.1) is 5.82 Å². The summed E-state index contributed by atoms with van der Waals surface area (Å²) in [6.45, 7) is 0. The summed E-state index contributed by atoms with van der Waals surface area (Å²) in [5.74, 6) is 0.701. The lowest BCUT2D eigenvalue weighted by Crippen LogP contribution is -2.24. The number of rotatable bonds is 5. The van der Waals surface area contributed by atoms with E-state index in [1.54, 1.807) is 25.3 Å². The molecule has 4 nitrogen and oxygen atoms in total. The molecule has 2 aromatic rings. The van der Waals surface area contributed by atoms with Gasteiger partial charge in [-0.3, -0.25) is 4.79 Å². The number of nitrogens with one attached hydrogen (secondary N) is 1. The van der Waals surface area contributed by atoms with Gasteiger partial charge in [0.25, 0.3) is 5.91 Å². The average Bonchev–Trinajstić information content (AvgIpc) is 2.95. The van der Waals surface area contributed by atoms with Gasteiger partial charge in [0.1, 0.15) is 23.1 Å². The van der Waals surface area contributed by atoms with Gasteiger partial charge in [0.05, 0.1) is 7.11 Å². The molecule has 1 amide bonds. The maximum Gasteiger partial charge on any atom is 0.275 e. The predicted molar refractivity (Wildman–Crippen MR) is 91.3 cm³/mol.